The van der Waals surface area contributed by atoms with E-state index in [9.17, 15) is 0 Å². The van der Waals surface area contributed by atoms with Crippen LogP contribution in [0.5, 0.6) is 0 Å². The van der Waals surface area contributed by atoms with Crippen molar-refractivity contribution in [2.45, 2.75) is 31.6 Å². The Morgan fingerprint density at radius 3 is 2.21 bits per heavy atom. The summed E-state index contributed by atoms with van der Waals surface area (Å²) in [4.78, 5) is 0. The second-order valence-electron chi connectivity index (χ2n) is 4.28. The maximum Gasteiger partial charge on any atom is 0.0251 e. The molecule has 0 saturated heterocycles. The van der Waals surface area contributed by atoms with Crippen molar-refractivity contribution in [2.75, 3.05) is 5.88 Å². The maximum absolute atomic E-state index is 5.87. The van der Waals surface area contributed by atoms with Gasteiger partial charge in [0, 0.05) is 5.88 Å². The highest BCUT2D eigenvalue weighted by Gasteiger charge is 2.21. The maximum atomic E-state index is 5.87. The van der Waals surface area contributed by atoms with Gasteiger partial charge in [-0.1, -0.05) is 30.3 Å². The first kappa shape index (κ1) is 10.0. The first-order chi connectivity index (χ1) is 6.90. The first-order valence-electron chi connectivity index (χ1n) is 5.51. The Hall–Kier alpha value is -0.490. The minimum absolute atomic E-state index is 0.775. The van der Waals surface area contributed by atoms with Crippen molar-refractivity contribution in [2.24, 2.45) is 5.92 Å². The molecule has 0 unspecified atom stereocenters. The molecule has 0 bridgehead atoms. The van der Waals surface area contributed by atoms with Crippen molar-refractivity contribution in [3.63, 3.8) is 0 Å². The molecule has 0 amide bonds. The third kappa shape index (κ3) is 2.30. The molecule has 1 aliphatic carbocycles. The second-order valence-corrected chi connectivity index (χ2v) is 4.59. The molecule has 0 atom stereocenters. The molecule has 0 N–H and O–H groups in total. The summed E-state index contributed by atoms with van der Waals surface area (Å²) in [7, 11) is 0. The van der Waals surface area contributed by atoms with E-state index >= 15 is 0 Å². The zero-order valence-corrected chi connectivity index (χ0v) is 9.21. The minimum Gasteiger partial charge on any atom is -0.126 e. The van der Waals surface area contributed by atoms with Crippen molar-refractivity contribution in [3.05, 3.63) is 35.9 Å². The molecule has 1 aromatic rings. The number of alkyl halides is 1. The highest BCUT2D eigenvalue weighted by Crippen LogP contribution is 2.35. The average molecular weight is 209 g/mol. The van der Waals surface area contributed by atoms with E-state index in [1.807, 2.05) is 0 Å². The Balaban J connectivity index is 1.96. The minimum atomic E-state index is 0.775. The average Bonchev–Trinajstić information content (AvgIpc) is 2.30. The fourth-order valence-electron chi connectivity index (χ4n) is 2.38. The summed E-state index contributed by atoms with van der Waals surface area (Å²) in [5, 5.41) is 0. The number of hydrogen-bond donors (Lipinski definition) is 0. The molecule has 1 heteroatoms. The molecule has 0 aromatic heterocycles. The molecule has 76 valence electrons. The lowest BCUT2D eigenvalue weighted by atomic mass is 9.79. The topological polar surface area (TPSA) is 0 Å². The normalized spacial score (nSPS) is 27.5. The van der Waals surface area contributed by atoms with Gasteiger partial charge in [-0.25, -0.2) is 0 Å². The van der Waals surface area contributed by atoms with Gasteiger partial charge in [0.25, 0.3) is 0 Å². The van der Waals surface area contributed by atoms with E-state index in [0.29, 0.717) is 0 Å². The molecule has 0 spiro atoms. The van der Waals surface area contributed by atoms with Crippen LogP contribution in [0.15, 0.2) is 30.3 Å². The predicted octanol–water partition coefficient (Wildman–Crippen LogP) is 4.20. The quantitative estimate of drug-likeness (QED) is 0.640. The predicted molar refractivity (Wildman–Crippen MR) is 61.9 cm³/mol. The summed E-state index contributed by atoms with van der Waals surface area (Å²) in [5.74, 6) is 2.41. The molecule has 14 heavy (non-hydrogen) atoms. The fourth-order valence-corrected chi connectivity index (χ4v) is 2.68. The largest absolute Gasteiger partial charge is 0.126 e. The van der Waals surface area contributed by atoms with E-state index in [2.05, 4.69) is 30.3 Å². The van der Waals surface area contributed by atoms with Crippen LogP contribution in [0, 0.1) is 5.92 Å². The Labute approximate surface area is 91.3 Å². The van der Waals surface area contributed by atoms with Gasteiger partial charge in [0.15, 0.2) is 0 Å². The smallest absolute Gasteiger partial charge is 0.0251 e. The Bertz CT molecular complexity index is 260. The summed E-state index contributed by atoms with van der Waals surface area (Å²) in [6.45, 7) is 0. The number of benzene rings is 1. The molecular weight excluding hydrogens is 192 g/mol. The van der Waals surface area contributed by atoms with Gasteiger partial charge < -0.3 is 0 Å². The lowest BCUT2D eigenvalue weighted by Crippen LogP contribution is -2.14. The van der Waals surface area contributed by atoms with Gasteiger partial charge in [0.05, 0.1) is 0 Å². The summed E-state index contributed by atoms with van der Waals surface area (Å²) >= 11 is 5.87. The van der Waals surface area contributed by atoms with E-state index in [4.69, 9.17) is 11.6 Å². The molecule has 0 aliphatic heterocycles. The van der Waals surface area contributed by atoms with E-state index in [1.54, 1.807) is 0 Å². The second kappa shape index (κ2) is 4.84. The van der Waals surface area contributed by atoms with Crippen molar-refractivity contribution >= 4 is 11.6 Å². The van der Waals surface area contributed by atoms with Crippen LogP contribution in [0.2, 0.25) is 0 Å². The van der Waals surface area contributed by atoms with Crippen molar-refractivity contribution < 1.29 is 0 Å². The number of halogens is 1. The van der Waals surface area contributed by atoms with Gasteiger partial charge in [0.2, 0.25) is 0 Å². The van der Waals surface area contributed by atoms with Crippen molar-refractivity contribution in [1.29, 1.82) is 0 Å². The third-order valence-electron chi connectivity index (χ3n) is 3.34. The van der Waals surface area contributed by atoms with Crippen LogP contribution in [0.4, 0.5) is 0 Å². The standard InChI is InChI=1S/C13H17Cl/c14-10-11-6-8-13(9-7-11)12-4-2-1-3-5-12/h1-5,11,13H,6-10H2. The molecule has 1 aliphatic rings. The third-order valence-corrected chi connectivity index (χ3v) is 3.77. The van der Waals surface area contributed by atoms with Crippen LogP contribution in [0.1, 0.15) is 37.2 Å². The number of hydrogen-bond acceptors (Lipinski definition) is 0. The molecule has 1 fully saturated rings. The van der Waals surface area contributed by atoms with Crippen LogP contribution < -0.4 is 0 Å². The van der Waals surface area contributed by atoms with Crippen LogP contribution in [0.25, 0.3) is 0 Å². The fraction of sp³-hybridized carbons (Fsp3) is 0.538. The van der Waals surface area contributed by atoms with E-state index in [-0.39, 0.29) is 0 Å². The molecule has 1 aromatic carbocycles. The molecule has 2 rings (SSSR count). The number of rotatable bonds is 2. The summed E-state index contributed by atoms with van der Waals surface area (Å²) in [6, 6.07) is 10.9. The zero-order chi connectivity index (χ0) is 9.80. The molecule has 0 nitrogen and oxygen atoms in total. The summed E-state index contributed by atoms with van der Waals surface area (Å²) < 4.78 is 0. The van der Waals surface area contributed by atoms with Crippen molar-refractivity contribution in [3.8, 4) is 0 Å². The van der Waals surface area contributed by atoms with E-state index in [1.165, 1.54) is 31.2 Å². The van der Waals surface area contributed by atoms with Crippen LogP contribution in [-0.2, 0) is 0 Å². The van der Waals surface area contributed by atoms with E-state index < -0.39 is 0 Å². The highest BCUT2D eigenvalue weighted by molar-refractivity contribution is 6.18. The Kier molecular flexibility index (Phi) is 3.47. The van der Waals surface area contributed by atoms with Crippen LogP contribution >= 0.6 is 11.6 Å². The van der Waals surface area contributed by atoms with Gasteiger partial charge in [-0.15, -0.1) is 11.6 Å². The Morgan fingerprint density at radius 2 is 1.64 bits per heavy atom. The van der Waals surface area contributed by atoms with E-state index in [0.717, 1.165) is 17.7 Å². The summed E-state index contributed by atoms with van der Waals surface area (Å²) in [5.41, 5.74) is 1.51. The lowest BCUT2D eigenvalue weighted by molar-refractivity contribution is 0.351. The van der Waals surface area contributed by atoms with Crippen molar-refractivity contribution in [1.82, 2.24) is 0 Å². The van der Waals surface area contributed by atoms with Gasteiger partial charge in [-0.05, 0) is 43.1 Å². The molecule has 0 radical (unpaired) electrons. The molecule has 1 saturated carbocycles. The van der Waals surface area contributed by atoms with Crippen LogP contribution in [-0.4, -0.2) is 5.88 Å². The zero-order valence-electron chi connectivity index (χ0n) is 8.45. The van der Waals surface area contributed by atoms with Crippen LogP contribution in [0.3, 0.4) is 0 Å². The van der Waals surface area contributed by atoms with Gasteiger partial charge in [0.1, 0.15) is 0 Å². The highest BCUT2D eigenvalue weighted by atomic mass is 35.5. The first-order valence-corrected chi connectivity index (χ1v) is 6.04. The summed E-state index contributed by atoms with van der Waals surface area (Å²) in [6.07, 6.45) is 5.26. The SMILES string of the molecule is ClCC1CCC(c2ccccc2)CC1. The molecular formula is C13H17Cl. The molecule has 0 heterocycles. The van der Waals surface area contributed by atoms with Gasteiger partial charge >= 0.3 is 0 Å². The Morgan fingerprint density at radius 1 is 1.00 bits per heavy atom. The lowest BCUT2D eigenvalue weighted by Gasteiger charge is -2.27. The monoisotopic (exact) mass is 208 g/mol. The van der Waals surface area contributed by atoms with Gasteiger partial charge in [-0.2, -0.15) is 0 Å². The van der Waals surface area contributed by atoms with Gasteiger partial charge in [-0.3, -0.25) is 0 Å².